The molecule has 2 heterocycles. The van der Waals surface area contributed by atoms with E-state index >= 15 is 0 Å². The van der Waals surface area contributed by atoms with Crippen LogP contribution in [-0.4, -0.2) is 17.2 Å². The molecular weight excluding hydrogens is 352 g/mol. The highest BCUT2D eigenvalue weighted by molar-refractivity contribution is 7.94. The van der Waals surface area contributed by atoms with Crippen molar-refractivity contribution in [2.75, 3.05) is 4.72 Å². The Morgan fingerprint density at radius 3 is 2.86 bits per heavy atom. The fourth-order valence-electron chi connectivity index (χ4n) is 1.71. The topological polar surface area (TPSA) is 98.0 Å². The molecule has 3 N–H and O–H groups in total. The lowest BCUT2D eigenvalue weighted by Crippen LogP contribution is -2.12. The predicted molar refractivity (Wildman–Crippen MR) is 85.4 cm³/mol. The Balaban J connectivity index is 2.04. The molecule has 0 saturated heterocycles. The Morgan fingerprint density at radius 1 is 1.33 bits per heavy atom. The summed E-state index contributed by atoms with van der Waals surface area (Å²) in [6, 6.07) is 4.82. The Kier molecular flexibility index (Phi) is 3.84. The summed E-state index contributed by atoms with van der Waals surface area (Å²) in [6.45, 7) is 0.290. The van der Waals surface area contributed by atoms with E-state index in [1.54, 1.807) is 23.6 Å². The number of thiophene rings is 1. The van der Waals surface area contributed by atoms with Gasteiger partial charge >= 0.3 is 0 Å². The molecule has 0 unspecified atom stereocenters. The molecule has 0 aliphatic rings. The molecule has 10 heteroatoms. The van der Waals surface area contributed by atoms with E-state index in [0.717, 1.165) is 28.6 Å². The zero-order valence-corrected chi connectivity index (χ0v) is 13.6. The predicted octanol–water partition coefficient (Wildman–Crippen LogP) is 2.67. The van der Waals surface area contributed by atoms with E-state index in [4.69, 9.17) is 17.3 Å². The molecule has 0 radical (unpaired) electrons. The third kappa shape index (κ3) is 2.74. The summed E-state index contributed by atoms with van der Waals surface area (Å²) in [5.74, 6) is 0. The summed E-state index contributed by atoms with van der Waals surface area (Å²) in [5, 5.41) is 1.98. The fraction of sp³-hybridized carbons (Fsp3) is 0.0909. The maximum atomic E-state index is 12.4. The Morgan fingerprint density at radius 2 is 2.14 bits per heavy atom. The lowest BCUT2D eigenvalue weighted by molar-refractivity contribution is 0.603. The fourth-order valence-corrected chi connectivity index (χ4v) is 4.82. The highest BCUT2D eigenvalue weighted by Crippen LogP contribution is 2.32. The van der Waals surface area contributed by atoms with Crippen molar-refractivity contribution >= 4 is 61.4 Å². The Bertz CT molecular complexity index is 903. The van der Waals surface area contributed by atoms with Gasteiger partial charge in [-0.15, -0.1) is 11.3 Å². The van der Waals surface area contributed by atoms with Crippen LogP contribution in [0, 0.1) is 0 Å². The molecule has 0 bridgehead atoms. The summed E-state index contributed by atoms with van der Waals surface area (Å²) >= 11 is 8.18. The molecule has 1 aromatic carbocycles. The van der Waals surface area contributed by atoms with Gasteiger partial charge in [-0.3, -0.25) is 4.72 Å². The molecule has 0 aliphatic heterocycles. The van der Waals surface area contributed by atoms with Crippen LogP contribution in [0.5, 0.6) is 0 Å². The van der Waals surface area contributed by atoms with Crippen LogP contribution in [0.3, 0.4) is 0 Å². The maximum Gasteiger partial charge on any atom is 0.271 e. The van der Waals surface area contributed by atoms with Crippen molar-refractivity contribution in [1.82, 2.24) is 8.75 Å². The summed E-state index contributed by atoms with van der Waals surface area (Å²) in [5.41, 5.74) is 7.53. The molecule has 0 saturated carbocycles. The average molecular weight is 361 g/mol. The van der Waals surface area contributed by atoms with Gasteiger partial charge in [0.2, 0.25) is 0 Å². The van der Waals surface area contributed by atoms with E-state index in [0.29, 0.717) is 17.6 Å². The van der Waals surface area contributed by atoms with Crippen LogP contribution in [0.1, 0.15) is 5.56 Å². The van der Waals surface area contributed by atoms with Gasteiger partial charge in [-0.1, -0.05) is 11.6 Å². The number of hydrogen-bond acceptors (Lipinski definition) is 7. The number of anilines is 1. The first-order valence-corrected chi connectivity index (χ1v) is 9.19. The number of rotatable bonds is 4. The van der Waals surface area contributed by atoms with Crippen molar-refractivity contribution in [3.63, 3.8) is 0 Å². The van der Waals surface area contributed by atoms with E-state index in [2.05, 4.69) is 13.5 Å². The molecule has 0 spiro atoms. The minimum Gasteiger partial charge on any atom is -0.326 e. The van der Waals surface area contributed by atoms with Crippen LogP contribution in [0.25, 0.3) is 11.0 Å². The number of benzene rings is 1. The first kappa shape index (κ1) is 14.7. The van der Waals surface area contributed by atoms with Crippen LogP contribution in [0.2, 0.25) is 5.02 Å². The highest BCUT2D eigenvalue weighted by Gasteiger charge is 2.20. The van der Waals surface area contributed by atoms with Crippen LogP contribution in [-0.2, 0) is 16.6 Å². The van der Waals surface area contributed by atoms with E-state index < -0.39 is 10.0 Å². The number of fused-ring (bicyclic) bond motifs is 1. The second-order valence-electron chi connectivity index (χ2n) is 4.14. The van der Waals surface area contributed by atoms with Crippen molar-refractivity contribution in [2.45, 2.75) is 10.8 Å². The van der Waals surface area contributed by atoms with Gasteiger partial charge in [0, 0.05) is 6.54 Å². The van der Waals surface area contributed by atoms with Crippen LogP contribution < -0.4 is 10.5 Å². The molecule has 3 rings (SSSR count). The summed E-state index contributed by atoms with van der Waals surface area (Å²) < 4.78 is 35.6. The van der Waals surface area contributed by atoms with Gasteiger partial charge in [-0.25, -0.2) is 8.42 Å². The number of nitrogens with zero attached hydrogens (tertiary/aromatic N) is 2. The van der Waals surface area contributed by atoms with E-state index in [1.165, 1.54) is 0 Å². The minimum absolute atomic E-state index is 0.180. The van der Waals surface area contributed by atoms with Gasteiger partial charge in [0.25, 0.3) is 10.0 Å². The normalized spacial score (nSPS) is 11.9. The lowest BCUT2D eigenvalue weighted by atomic mass is 10.3. The first-order valence-electron chi connectivity index (χ1n) is 5.72. The molecule has 0 aliphatic carbocycles. The Labute approximate surface area is 133 Å². The largest absolute Gasteiger partial charge is 0.326 e. The SMILES string of the molecule is NCc1csc(S(=O)(=O)Nc2c(Cl)ccc3nsnc23)c1. The third-order valence-electron chi connectivity index (χ3n) is 2.74. The molecule has 0 amide bonds. The molecule has 0 fully saturated rings. The number of aromatic nitrogens is 2. The van der Waals surface area contributed by atoms with Crippen LogP contribution >= 0.6 is 34.7 Å². The van der Waals surface area contributed by atoms with Crippen LogP contribution in [0.4, 0.5) is 5.69 Å². The highest BCUT2D eigenvalue weighted by atomic mass is 35.5. The van der Waals surface area contributed by atoms with Crippen molar-refractivity contribution in [1.29, 1.82) is 0 Å². The maximum absolute atomic E-state index is 12.4. The van der Waals surface area contributed by atoms with Crippen molar-refractivity contribution in [2.24, 2.45) is 5.73 Å². The van der Waals surface area contributed by atoms with Gasteiger partial charge in [0.05, 0.1) is 22.4 Å². The second-order valence-corrected chi connectivity index (χ2v) is 7.89. The monoisotopic (exact) mass is 360 g/mol. The molecule has 2 aromatic heterocycles. The van der Waals surface area contributed by atoms with Crippen LogP contribution in [0.15, 0.2) is 27.8 Å². The van der Waals surface area contributed by atoms with Gasteiger partial charge in [-0.2, -0.15) is 8.75 Å². The zero-order valence-electron chi connectivity index (χ0n) is 10.4. The number of nitrogens with two attached hydrogens (primary N) is 1. The van der Waals surface area contributed by atoms with Crippen molar-refractivity contribution in [3.8, 4) is 0 Å². The van der Waals surface area contributed by atoms with Crippen molar-refractivity contribution in [3.05, 3.63) is 34.2 Å². The number of sulfonamides is 1. The summed E-state index contributed by atoms with van der Waals surface area (Å²) in [4.78, 5) is 0. The molecule has 6 nitrogen and oxygen atoms in total. The molecule has 21 heavy (non-hydrogen) atoms. The molecule has 110 valence electrons. The third-order valence-corrected chi connectivity index (χ3v) is 6.44. The van der Waals surface area contributed by atoms with Gasteiger partial charge < -0.3 is 5.73 Å². The molecule has 3 aromatic rings. The summed E-state index contributed by atoms with van der Waals surface area (Å²) in [7, 11) is -3.73. The van der Waals surface area contributed by atoms with E-state index in [1.807, 2.05) is 0 Å². The van der Waals surface area contributed by atoms with Gasteiger partial charge in [-0.05, 0) is 29.1 Å². The van der Waals surface area contributed by atoms with Gasteiger partial charge in [0.15, 0.2) is 0 Å². The molecule has 0 atom stereocenters. The standard InChI is InChI=1S/C11H9ClN4O2S3/c12-7-1-2-8-11(15-20-14-8)10(7)16-21(17,18)9-3-6(4-13)5-19-9/h1-3,5,16H,4,13H2. The van der Waals surface area contributed by atoms with Crippen molar-refractivity contribution < 1.29 is 8.42 Å². The van der Waals surface area contributed by atoms with E-state index in [-0.39, 0.29) is 14.9 Å². The number of hydrogen-bond donors (Lipinski definition) is 2. The zero-order chi connectivity index (χ0) is 15.0. The van der Waals surface area contributed by atoms with Gasteiger partial charge in [0.1, 0.15) is 15.2 Å². The van der Waals surface area contributed by atoms with E-state index in [9.17, 15) is 8.42 Å². The Hall–Kier alpha value is -1.26. The smallest absolute Gasteiger partial charge is 0.271 e. The number of nitrogens with one attached hydrogen (secondary N) is 1. The lowest BCUT2D eigenvalue weighted by Gasteiger charge is -2.08. The first-order chi connectivity index (χ1) is 10.0. The summed E-state index contributed by atoms with van der Waals surface area (Å²) in [6.07, 6.45) is 0. The average Bonchev–Trinajstić information content (AvgIpc) is 3.10. The minimum atomic E-state index is -3.73. The quantitative estimate of drug-likeness (QED) is 0.745. The molecular formula is C11H9ClN4O2S3. The number of halogens is 1. The second kappa shape index (κ2) is 5.50.